The van der Waals surface area contributed by atoms with E-state index in [0.717, 1.165) is 0 Å². The summed E-state index contributed by atoms with van der Waals surface area (Å²) in [5.41, 5.74) is 0. The normalized spacial score (nSPS) is 8.69. The van der Waals surface area contributed by atoms with Gasteiger partial charge in [-0.1, -0.05) is 24.1 Å². The number of carbonyl (C=O) groups excluding carboxylic acids is 1. The molecule has 1 nitrogen and oxygen atoms in total. The lowest BCUT2D eigenvalue weighted by molar-refractivity contribution is -0.111. The molecule has 0 spiro atoms. The fraction of sp³-hybridized carbons (Fsp3) is 0.182. The highest BCUT2D eigenvalue weighted by atomic mass is 32.2. The summed E-state index contributed by atoms with van der Waals surface area (Å²) in [7, 11) is 0. The van der Waals surface area contributed by atoms with Gasteiger partial charge >= 0.3 is 0 Å². The van der Waals surface area contributed by atoms with Crippen molar-refractivity contribution in [2.24, 2.45) is 0 Å². The van der Waals surface area contributed by atoms with Gasteiger partial charge in [0, 0.05) is 11.8 Å². The van der Waals surface area contributed by atoms with Gasteiger partial charge in [0.25, 0.3) is 0 Å². The topological polar surface area (TPSA) is 17.1 Å². The van der Waals surface area contributed by atoms with E-state index in [4.69, 9.17) is 0 Å². The molecule has 1 aromatic carbocycles. The molecule has 0 fully saturated rings. The number of hydrogen-bond acceptors (Lipinski definition) is 2. The molecule has 0 amide bonds. The van der Waals surface area contributed by atoms with Crippen molar-refractivity contribution in [2.45, 2.75) is 11.8 Å². The lowest BCUT2D eigenvalue weighted by atomic mass is 10.4. The number of carbonyl (C=O) groups is 1. The van der Waals surface area contributed by atoms with Crippen LogP contribution in [-0.2, 0) is 4.79 Å². The molecule has 0 saturated heterocycles. The third kappa shape index (κ3) is 4.39. The summed E-state index contributed by atoms with van der Waals surface area (Å²) in [4.78, 5) is 11.7. The molecule has 0 N–H and O–H groups in total. The van der Waals surface area contributed by atoms with Gasteiger partial charge in [-0.3, -0.25) is 4.79 Å². The Labute approximate surface area is 82.5 Å². The molecule has 0 saturated carbocycles. The van der Waals surface area contributed by atoms with Gasteiger partial charge in [-0.2, -0.15) is 0 Å². The van der Waals surface area contributed by atoms with E-state index < -0.39 is 0 Å². The Morgan fingerprint density at radius 3 is 2.69 bits per heavy atom. The Kier molecular flexibility index (Phi) is 4.14. The average molecular weight is 190 g/mol. The molecule has 1 rings (SSSR count). The number of Topliss-reactive ketones (excluding diaryl/α,β-unsaturated/α-hetero) is 1. The monoisotopic (exact) mass is 190 g/mol. The van der Waals surface area contributed by atoms with Crippen LogP contribution in [0.3, 0.4) is 0 Å². The number of thioether (sulfide) groups is 1. The van der Waals surface area contributed by atoms with Gasteiger partial charge in [0.05, 0.1) is 5.75 Å². The van der Waals surface area contributed by atoms with Crippen molar-refractivity contribution in [1.82, 2.24) is 0 Å². The van der Waals surface area contributed by atoms with Gasteiger partial charge in [-0.15, -0.1) is 11.8 Å². The summed E-state index contributed by atoms with van der Waals surface area (Å²) in [5, 5.41) is 0. The van der Waals surface area contributed by atoms with Gasteiger partial charge in [0.15, 0.2) is 0 Å². The second-order valence-corrected chi connectivity index (χ2v) is 3.51. The minimum absolute atomic E-state index is 0.0753. The predicted octanol–water partition coefficient (Wildman–Crippen LogP) is 2.37. The second-order valence-electron chi connectivity index (χ2n) is 2.46. The number of ketones is 1. The standard InChI is InChI=1S/C11H10OS/c1-10(12)6-5-9-13-11-7-3-2-4-8-11/h2-4,7-8H,9H2,1H3. The molecule has 0 atom stereocenters. The molecule has 2 heteroatoms. The van der Waals surface area contributed by atoms with Crippen molar-refractivity contribution < 1.29 is 4.79 Å². The van der Waals surface area contributed by atoms with E-state index in [-0.39, 0.29) is 5.78 Å². The molecule has 0 heterocycles. The van der Waals surface area contributed by atoms with Crippen molar-refractivity contribution >= 4 is 17.5 Å². The van der Waals surface area contributed by atoms with Gasteiger partial charge in [0.2, 0.25) is 5.78 Å². The Hall–Kier alpha value is -1.20. The summed E-state index contributed by atoms with van der Waals surface area (Å²) >= 11 is 1.64. The molecule has 13 heavy (non-hydrogen) atoms. The van der Waals surface area contributed by atoms with Crippen LogP contribution in [0.2, 0.25) is 0 Å². The second kappa shape index (κ2) is 5.45. The fourth-order valence-corrected chi connectivity index (χ4v) is 1.46. The molecule has 0 aliphatic heterocycles. The van der Waals surface area contributed by atoms with E-state index in [9.17, 15) is 4.79 Å². The van der Waals surface area contributed by atoms with Crippen molar-refractivity contribution in [3.05, 3.63) is 30.3 Å². The number of benzene rings is 1. The lowest BCUT2D eigenvalue weighted by Crippen LogP contribution is -1.81. The molecule has 66 valence electrons. The molecule has 0 aromatic heterocycles. The molecule has 0 unspecified atom stereocenters. The number of hydrogen-bond donors (Lipinski definition) is 0. The fourth-order valence-electron chi connectivity index (χ4n) is 0.797. The average Bonchev–Trinajstić information content (AvgIpc) is 2.14. The highest BCUT2D eigenvalue weighted by Gasteiger charge is 1.88. The van der Waals surface area contributed by atoms with Crippen LogP contribution in [0.1, 0.15) is 6.92 Å². The molecule has 0 aliphatic carbocycles. The first kappa shape index (κ1) is 9.88. The van der Waals surface area contributed by atoms with E-state index in [0.29, 0.717) is 5.75 Å². The van der Waals surface area contributed by atoms with Gasteiger partial charge < -0.3 is 0 Å². The van der Waals surface area contributed by atoms with Crippen molar-refractivity contribution in [3.8, 4) is 11.8 Å². The van der Waals surface area contributed by atoms with Crippen molar-refractivity contribution in [1.29, 1.82) is 0 Å². The molecule has 0 radical (unpaired) electrons. The zero-order chi connectivity index (χ0) is 9.52. The Bertz CT molecular complexity index is 332. The maximum absolute atomic E-state index is 10.5. The van der Waals surface area contributed by atoms with Crippen LogP contribution < -0.4 is 0 Å². The van der Waals surface area contributed by atoms with Crippen LogP contribution in [0.5, 0.6) is 0 Å². The first-order valence-corrected chi connectivity index (χ1v) is 4.95. The van der Waals surface area contributed by atoms with E-state index in [1.807, 2.05) is 30.3 Å². The maximum atomic E-state index is 10.5. The van der Waals surface area contributed by atoms with Gasteiger partial charge in [-0.05, 0) is 18.1 Å². The van der Waals surface area contributed by atoms with Crippen LogP contribution in [0.15, 0.2) is 35.2 Å². The Morgan fingerprint density at radius 2 is 2.08 bits per heavy atom. The highest BCUT2D eigenvalue weighted by molar-refractivity contribution is 7.99. The van der Waals surface area contributed by atoms with Crippen LogP contribution in [0.4, 0.5) is 0 Å². The number of rotatable bonds is 2. The van der Waals surface area contributed by atoms with E-state index in [1.165, 1.54) is 11.8 Å². The summed E-state index contributed by atoms with van der Waals surface area (Å²) in [5.74, 6) is 5.90. The minimum Gasteiger partial charge on any atom is -0.285 e. The molecule has 1 aromatic rings. The molecule has 0 bridgehead atoms. The van der Waals surface area contributed by atoms with Gasteiger partial charge in [0.1, 0.15) is 0 Å². The first-order chi connectivity index (χ1) is 6.29. The zero-order valence-corrected chi connectivity index (χ0v) is 8.23. The summed E-state index contributed by atoms with van der Waals surface area (Å²) in [6.07, 6.45) is 0. The zero-order valence-electron chi connectivity index (χ0n) is 7.41. The van der Waals surface area contributed by atoms with Gasteiger partial charge in [-0.25, -0.2) is 0 Å². The Morgan fingerprint density at radius 1 is 1.38 bits per heavy atom. The third-order valence-corrected chi connectivity index (χ3v) is 2.21. The van der Waals surface area contributed by atoms with Crippen LogP contribution in [-0.4, -0.2) is 11.5 Å². The molecular formula is C11H10OS. The molecular weight excluding hydrogens is 180 g/mol. The van der Waals surface area contributed by atoms with Crippen molar-refractivity contribution in [3.63, 3.8) is 0 Å². The first-order valence-electron chi connectivity index (χ1n) is 3.96. The summed E-state index contributed by atoms with van der Waals surface area (Å²) in [6, 6.07) is 10.0. The third-order valence-electron chi connectivity index (χ3n) is 1.32. The predicted molar refractivity (Wildman–Crippen MR) is 55.6 cm³/mol. The summed E-state index contributed by atoms with van der Waals surface area (Å²) < 4.78 is 0. The van der Waals surface area contributed by atoms with Crippen LogP contribution in [0, 0.1) is 11.8 Å². The van der Waals surface area contributed by atoms with Crippen molar-refractivity contribution in [2.75, 3.05) is 5.75 Å². The quantitative estimate of drug-likeness (QED) is 0.404. The molecule has 0 aliphatic rings. The smallest absolute Gasteiger partial charge is 0.202 e. The SMILES string of the molecule is CC(=O)C#CCSc1ccccc1. The lowest BCUT2D eigenvalue weighted by Gasteiger charge is -1.93. The van der Waals surface area contributed by atoms with Crippen LogP contribution >= 0.6 is 11.8 Å². The largest absolute Gasteiger partial charge is 0.285 e. The Balaban J connectivity index is 2.37. The van der Waals surface area contributed by atoms with E-state index >= 15 is 0 Å². The highest BCUT2D eigenvalue weighted by Crippen LogP contribution is 2.15. The van der Waals surface area contributed by atoms with Crippen LogP contribution in [0.25, 0.3) is 0 Å². The summed E-state index contributed by atoms with van der Waals surface area (Å²) in [6.45, 7) is 1.47. The minimum atomic E-state index is -0.0753. The van der Waals surface area contributed by atoms with E-state index in [1.54, 1.807) is 11.8 Å². The van der Waals surface area contributed by atoms with E-state index in [2.05, 4.69) is 11.8 Å². The maximum Gasteiger partial charge on any atom is 0.202 e.